The molecule has 6 heteroatoms. The lowest BCUT2D eigenvalue weighted by atomic mass is 10.1. The van der Waals surface area contributed by atoms with Crippen molar-refractivity contribution < 1.29 is 4.79 Å². The molecule has 0 spiro atoms. The first-order valence-electron chi connectivity index (χ1n) is 7.19. The number of anilines is 1. The highest BCUT2D eigenvalue weighted by atomic mass is 35.5. The maximum Gasteiger partial charge on any atom is 0.266 e. The minimum absolute atomic E-state index is 0.0294. The molecule has 0 radical (unpaired) electrons. The summed E-state index contributed by atoms with van der Waals surface area (Å²) >= 11 is 5.81. The normalized spacial score (nSPS) is 11.2. The lowest BCUT2D eigenvalue weighted by Gasteiger charge is -2.04. The molecule has 1 amide bonds. The van der Waals surface area contributed by atoms with Crippen molar-refractivity contribution in [3.05, 3.63) is 51.8 Å². The lowest BCUT2D eigenvalue weighted by Crippen LogP contribution is -2.13. The Bertz CT molecular complexity index is 797. The molecule has 0 unspecified atom stereocenters. The van der Waals surface area contributed by atoms with Gasteiger partial charge in [0.15, 0.2) is 0 Å². The summed E-state index contributed by atoms with van der Waals surface area (Å²) in [7, 11) is 0. The molecule has 0 fully saturated rings. The van der Waals surface area contributed by atoms with Crippen molar-refractivity contribution in [3.63, 3.8) is 0 Å². The van der Waals surface area contributed by atoms with Crippen LogP contribution in [0.3, 0.4) is 0 Å². The van der Waals surface area contributed by atoms with E-state index in [0.717, 1.165) is 23.5 Å². The third-order valence-corrected chi connectivity index (χ3v) is 3.74. The Morgan fingerprint density at radius 1 is 1.39 bits per heavy atom. The number of hydrogen-bond donors (Lipinski definition) is 1. The highest BCUT2D eigenvalue weighted by Crippen LogP contribution is 2.18. The van der Waals surface area contributed by atoms with E-state index in [1.54, 1.807) is 30.3 Å². The Hall–Kier alpha value is -2.58. The van der Waals surface area contributed by atoms with Gasteiger partial charge in [-0.3, -0.25) is 9.48 Å². The number of nitriles is 1. The van der Waals surface area contributed by atoms with Gasteiger partial charge in [-0.05, 0) is 51.1 Å². The van der Waals surface area contributed by atoms with Crippen LogP contribution in [-0.2, 0) is 11.3 Å². The predicted octanol–water partition coefficient (Wildman–Crippen LogP) is 3.72. The molecule has 2 aromatic rings. The summed E-state index contributed by atoms with van der Waals surface area (Å²) in [6.45, 7) is 6.50. The molecule has 23 heavy (non-hydrogen) atoms. The second-order valence-electron chi connectivity index (χ2n) is 5.03. The molecule has 0 bridgehead atoms. The number of benzene rings is 1. The summed E-state index contributed by atoms with van der Waals surface area (Å²) in [5, 5.41) is 16.9. The molecule has 1 aromatic carbocycles. The second-order valence-corrected chi connectivity index (χ2v) is 5.47. The van der Waals surface area contributed by atoms with Gasteiger partial charge in [-0.2, -0.15) is 10.4 Å². The van der Waals surface area contributed by atoms with Gasteiger partial charge < -0.3 is 5.32 Å². The molecule has 0 aliphatic rings. The smallest absolute Gasteiger partial charge is 0.266 e. The van der Waals surface area contributed by atoms with Gasteiger partial charge in [0.25, 0.3) is 5.91 Å². The molecule has 118 valence electrons. The largest absolute Gasteiger partial charge is 0.321 e. The van der Waals surface area contributed by atoms with Crippen LogP contribution in [0, 0.1) is 25.2 Å². The van der Waals surface area contributed by atoms with E-state index in [4.69, 9.17) is 11.6 Å². The van der Waals surface area contributed by atoms with Gasteiger partial charge in [0.1, 0.15) is 11.6 Å². The van der Waals surface area contributed by atoms with Gasteiger partial charge in [-0.25, -0.2) is 0 Å². The van der Waals surface area contributed by atoms with Gasteiger partial charge in [0.05, 0.1) is 5.69 Å². The highest BCUT2D eigenvalue weighted by Gasteiger charge is 2.14. The van der Waals surface area contributed by atoms with Crippen molar-refractivity contribution in [3.8, 4) is 6.07 Å². The van der Waals surface area contributed by atoms with Crippen LogP contribution < -0.4 is 5.32 Å². The van der Waals surface area contributed by atoms with Gasteiger partial charge in [-0.1, -0.05) is 11.6 Å². The molecular formula is C17H17ClN4O. The van der Waals surface area contributed by atoms with E-state index < -0.39 is 5.91 Å². The van der Waals surface area contributed by atoms with E-state index in [1.807, 2.05) is 31.5 Å². The molecule has 2 rings (SSSR count). The average Bonchev–Trinajstić information content (AvgIpc) is 2.81. The number of amides is 1. The van der Waals surface area contributed by atoms with Crippen molar-refractivity contribution in [2.24, 2.45) is 0 Å². The zero-order valence-corrected chi connectivity index (χ0v) is 14.0. The van der Waals surface area contributed by atoms with E-state index in [2.05, 4.69) is 10.4 Å². The van der Waals surface area contributed by atoms with Crippen LogP contribution in [0.1, 0.15) is 23.9 Å². The fourth-order valence-corrected chi connectivity index (χ4v) is 2.38. The minimum atomic E-state index is -0.460. The Labute approximate surface area is 140 Å². The van der Waals surface area contributed by atoms with E-state index in [0.29, 0.717) is 10.7 Å². The van der Waals surface area contributed by atoms with Crippen LogP contribution >= 0.6 is 11.6 Å². The number of nitrogens with zero attached hydrogens (tertiary/aromatic N) is 3. The summed E-state index contributed by atoms with van der Waals surface area (Å²) < 4.78 is 1.84. The van der Waals surface area contributed by atoms with E-state index in [-0.39, 0.29) is 5.57 Å². The van der Waals surface area contributed by atoms with Gasteiger partial charge in [0, 0.05) is 28.5 Å². The van der Waals surface area contributed by atoms with Crippen LogP contribution in [0.25, 0.3) is 6.08 Å². The van der Waals surface area contributed by atoms with E-state index >= 15 is 0 Å². The Morgan fingerprint density at radius 2 is 2.04 bits per heavy atom. The summed E-state index contributed by atoms with van der Waals surface area (Å²) in [4.78, 5) is 12.3. The van der Waals surface area contributed by atoms with Crippen LogP contribution in [0.2, 0.25) is 5.02 Å². The van der Waals surface area contributed by atoms with Gasteiger partial charge in [0.2, 0.25) is 0 Å². The number of hydrogen-bond acceptors (Lipinski definition) is 3. The van der Waals surface area contributed by atoms with Crippen LogP contribution in [0.4, 0.5) is 5.69 Å². The van der Waals surface area contributed by atoms with E-state index in [1.165, 1.54) is 0 Å². The van der Waals surface area contributed by atoms with Crippen molar-refractivity contribution in [1.29, 1.82) is 5.26 Å². The van der Waals surface area contributed by atoms with Gasteiger partial charge in [-0.15, -0.1) is 0 Å². The third-order valence-electron chi connectivity index (χ3n) is 3.49. The lowest BCUT2D eigenvalue weighted by molar-refractivity contribution is -0.112. The van der Waals surface area contributed by atoms with E-state index in [9.17, 15) is 10.1 Å². The fourth-order valence-electron chi connectivity index (χ4n) is 2.25. The zero-order valence-electron chi connectivity index (χ0n) is 13.2. The molecule has 1 N–H and O–H groups in total. The molecule has 5 nitrogen and oxygen atoms in total. The average molecular weight is 329 g/mol. The maximum absolute atomic E-state index is 12.3. The number of nitrogens with one attached hydrogen (secondary N) is 1. The zero-order chi connectivity index (χ0) is 17.0. The fraction of sp³-hybridized carbons (Fsp3) is 0.235. The SMILES string of the molecule is CCn1nc(C)c(C=C(C#N)C(=O)Nc2ccc(Cl)cc2)c1C. The topological polar surface area (TPSA) is 70.7 Å². The number of carbonyl (C=O) groups excluding carboxylic acids is 1. The monoisotopic (exact) mass is 328 g/mol. The standard InChI is InChI=1S/C17H17ClN4O/c1-4-22-12(3)16(11(2)21-22)9-13(10-19)17(23)20-15-7-5-14(18)6-8-15/h5-9H,4H2,1-3H3,(H,20,23). The summed E-state index contributed by atoms with van der Waals surface area (Å²) in [6.07, 6.45) is 1.58. The summed E-state index contributed by atoms with van der Waals surface area (Å²) in [6, 6.07) is 8.66. The Balaban J connectivity index is 2.28. The molecule has 1 aromatic heterocycles. The van der Waals surface area contributed by atoms with Crippen LogP contribution in [0.5, 0.6) is 0 Å². The molecule has 0 saturated heterocycles. The Kier molecular flexibility index (Phi) is 5.20. The minimum Gasteiger partial charge on any atom is -0.321 e. The van der Waals surface area contributed by atoms with Gasteiger partial charge >= 0.3 is 0 Å². The molecule has 0 saturated carbocycles. The van der Waals surface area contributed by atoms with Crippen LogP contribution in [0.15, 0.2) is 29.8 Å². The number of carbonyl (C=O) groups is 1. The predicted molar refractivity (Wildman–Crippen MR) is 91.0 cm³/mol. The summed E-state index contributed by atoms with van der Waals surface area (Å²) in [5.41, 5.74) is 3.13. The van der Waals surface area contributed by atoms with Crippen LogP contribution in [-0.4, -0.2) is 15.7 Å². The summed E-state index contributed by atoms with van der Waals surface area (Å²) in [5.74, 6) is -0.460. The molecule has 1 heterocycles. The molecule has 0 atom stereocenters. The van der Waals surface area contributed by atoms with Crippen molar-refractivity contribution >= 4 is 29.3 Å². The van der Waals surface area contributed by atoms with Crippen molar-refractivity contribution in [2.75, 3.05) is 5.32 Å². The first kappa shape index (κ1) is 16.8. The molecule has 0 aliphatic heterocycles. The van der Waals surface area contributed by atoms with Crippen molar-refractivity contribution in [2.45, 2.75) is 27.3 Å². The van der Waals surface area contributed by atoms with Crippen molar-refractivity contribution in [1.82, 2.24) is 9.78 Å². The number of rotatable bonds is 4. The maximum atomic E-state index is 12.3. The first-order chi connectivity index (χ1) is 11.0. The third kappa shape index (κ3) is 3.79. The first-order valence-corrected chi connectivity index (χ1v) is 7.56. The quantitative estimate of drug-likeness (QED) is 0.687. The highest BCUT2D eigenvalue weighted by molar-refractivity contribution is 6.30. The number of aryl methyl sites for hydroxylation is 2. The number of aromatic nitrogens is 2. The Morgan fingerprint density at radius 3 is 2.57 bits per heavy atom. The second kappa shape index (κ2) is 7.12. The molecular weight excluding hydrogens is 312 g/mol. The molecule has 0 aliphatic carbocycles. The number of halogens is 1.